The maximum absolute atomic E-state index is 12.8. The minimum atomic E-state index is -0.301. The van der Waals surface area contributed by atoms with Crippen LogP contribution in [-0.2, 0) is 0 Å². The number of halogens is 1. The largest absolute Gasteiger partial charge is 0.308 e. The van der Waals surface area contributed by atoms with Crippen LogP contribution >= 0.6 is 22.9 Å². The van der Waals surface area contributed by atoms with E-state index in [1.165, 1.54) is 17.5 Å². The van der Waals surface area contributed by atoms with Crippen molar-refractivity contribution in [3.63, 3.8) is 0 Å². The summed E-state index contributed by atoms with van der Waals surface area (Å²) in [6.07, 6.45) is 5.25. The van der Waals surface area contributed by atoms with Crippen molar-refractivity contribution in [3.8, 4) is 11.5 Å². The molecule has 1 N–H and O–H groups in total. The van der Waals surface area contributed by atoms with Crippen LogP contribution in [-0.4, -0.2) is 30.5 Å². The van der Waals surface area contributed by atoms with Gasteiger partial charge in [0.25, 0.3) is 5.91 Å². The van der Waals surface area contributed by atoms with Crippen molar-refractivity contribution in [2.24, 2.45) is 0 Å². The molecule has 26 heavy (non-hydrogen) atoms. The summed E-state index contributed by atoms with van der Waals surface area (Å²) in [5.74, 6) is 0.320. The zero-order valence-electron chi connectivity index (χ0n) is 13.6. The molecule has 0 bridgehead atoms. The number of nitrogens with zero attached hydrogens (tertiary/aromatic N) is 5. The molecule has 1 amide bonds. The van der Waals surface area contributed by atoms with Gasteiger partial charge in [0.05, 0.1) is 11.9 Å². The maximum atomic E-state index is 12.8. The molecule has 0 aliphatic rings. The Morgan fingerprint density at radius 3 is 2.54 bits per heavy atom. The van der Waals surface area contributed by atoms with E-state index in [-0.39, 0.29) is 5.91 Å². The van der Waals surface area contributed by atoms with E-state index >= 15 is 0 Å². The Bertz CT molecular complexity index is 1050. The molecule has 0 saturated heterocycles. The summed E-state index contributed by atoms with van der Waals surface area (Å²) in [5.41, 5.74) is 1.22. The fraction of sp³-hybridized carbons (Fsp3) is 0.0588. The quantitative estimate of drug-likeness (QED) is 0.581. The van der Waals surface area contributed by atoms with Gasteiger partial charge in [0.2, 0.25) is 5.13 Å². The van der Waals surface area contributed by atoms with Crippen molar-refractivity contribution in [1.29, 1.82) is 0 Å². The van der Waals surface area contributed by atoms with Gasteiger partial charge in [-0.05, 0) is 43.3 Å². The molecule has 3 aromatic heterocycles. The van der Waals surface area contributed by atoms with Gasteiger partial charge in [0, 0.05) is 17.4 Å². The van der Waals surface area contributed by atoms with Crippen LogP contribution in [0.4, 0.5) is 5.13 Å². The second-order valence-electron chi connectivity index (χ2n) is 5.44. The Hall–Kier alpha value is -2.97. The molecule has 1 aromatic carbocycles. The topological polar surface area (TPSA) is 77.6 Å². The molecule has 0 fully saturated rings. The van der Waals surface area contributed by atoms with E-state index in [4.69, 9.17) is 11.6 Å². The normalized spacial score (nSPS) is 10.8. The van der Waals surface area contributed by atoms with Crippen LogP contribution < -0.4 is 5.32 Å². The molecule has 0 atom stereocenters. The number of benzene rings is 1. The summed E-state index contributed by atoms with van der Waals surface area (Å²) in [5, 5.41) is 16.9. The van der Waals surface area contributed by atoms with Crippen molar-refractivity contribution in [1.82, 2.24) is 24.5 Å². The lowest BCUT2D eigenvalue weighted by atomic mass is 10.3. The highest BCUT2D eigenvalue weighted by Crippen LogP contribution is 2.23. The standard InChI is InChI=1S/C17H13ClN6OS/c1-11-21-22-17(26-11)20-15(25)14-10-19-24(13-6-4-12(18)5-7-13)16(14)23-8-2-3-9-23/h2-10H,1H3,(H,20,22,25). The summed E-state index contributed by atoms with van der Waals surface area (Å²) in [6.45, 7) is 1.83. The molecule has 0 saturated carbocycles. The van der Waals surface area contributed by atoms with Crippen molar-refractivity contribution in [2.75, 3.05) is 5.32 Å². The van der Waals surface area contributed by atoms with Crippen molar-refractivity contribution >= 4 is 34.0 Å². The van der Waals surface area contributed by atoms with Crippen LogP contribution in [0.25, 0.3) is 11.5 Å². The van der Waals surface area contributed by atoms with Gasteiger partial charge < -0.3 is 4.57 Å². The van der Waals surface area contributed by atoms with Gasteiger partial charge >= 0.3 is 0 Å². The zero-order chi connectivity index (χ0) is 18.1. The molecule has 0 unspecified atom stereocenters. The van der Waals surface area contributed by atoms with Crippen LogP contribution in [0.2, 0.25) is 5.02 Å². The lowest BCUT2D eigenvalue weighted by molar-refractivity contribution is 0.102. The molecule has 130 valence electrons. The van der Waals surface area contributed by atoms with Crippen LogP contribution in [0.5, 0.6) is 0 Å². The Morgan fingerprint density at radius 1 is 1.15 bits per heavy atom. The zero-order valence-corrected chi connectivity index (χ0v) is 15.2. The van der Waals surface area contributed by atoms with Gasteiger partial charge in [0.15, 0.2) is 5.82 Å². The number of carbonyl (C=O) groups is 1. The van der Waals surface area contributed by atoms with E-state index in [0.29, 0.717) is 21.5 Å². The predicted octanol–water partition coefficient (Wildman–Crippen LogP) is 3.73. The highest BCUT2D eigenvalue weighted by Gasteiger charge is 2.21. The highest BCUT2D eigenvalue weighted by molar-refractivity contribution is 7.15. The second-order valence-corrected chi connectivity index (χ2v) is 7.06. The average molecular weight is 385 g/mol. The van der Waals surface area contributed by atoms with Crippen LogP contribution in [0, 0.1) is 6.92 Å². The van der Waals surface area contributed by atoms with E-state index in [1.807, 2.05) is 48.1 Å². The summed E-state index contributed by atoms with van der Waals surface area (Å²) in [4.78, 5) is 12.8. The molecule has 0 aliphatic heterocycles. The number of hydrogen-bond acceptors (Lipinski definition) is 5. The first-order valence-corrected chi connectivity index (χ1v) is 8.90. The van der Waals surface area contributed by atoms with E-state index in [0.717, 1.165) is 10.7 Å². The minimum Gasteiger partial charge on any atom is -0.308 e. The Kier molecular flexibility index (Phi) is 4.27. The molecule has 0 aliphatic carbocycles. The third-order valence-corrected chi connectivity index (χ3v) is 4.66. The molecule has 9 heteroatoms. The first-order chi connectivity index (χ1) is 12.6. The predicted molar refractivity (Wildman–Crippen MR) is 101 cm³/mol. The molecule has 4 aromatic rings. The van der Waals surface area contributed by atoms with E-state index < -0.39 is 0 Å². The average Bonchev–Trinajstić information content (AvgIpc) is 3.35. The van der Waals surface area contributed by atoms with Gasteiger partial charge in [-0.15, -0.1) is 10.2 Å². The summed E-state index contributed by atoms with van der Waals surface area (Å²) in [6, 6.07) is 11.0. The van der Waals surface area contributed by atoms with E-state index in [2.05, 4.69) is 20.6 Å². The van der Waals surface area contributed by atoms with Gasteiger partial charge in [-0.25, -0.2) is 4.68 Å². The summed E-state index contributed by atoms with van der Waals surface area (Å²) in [7, 11) is 0. The van der Waals surface area contributed by atoms with Gasteiger partial charge in [0.1, 0.15) is 10.6 Å². The number of nitrogens with one attached hydrogen (secondary N) is 1. The van der Waals surface area contributed by atoms with Gasteiger partial charge in [-0.1, -0.05) is 22.9 Å². The lowest BCUT2D eigenvalue weighted by Gasteiger charge is -2.10. The fourth-order valence-electron chi connectivity index (χ4n) is 2.51. The number of amides is 1. The Balaban J connectivity index is 1.77. The molecule has 3 heterocycles. The maximum Gasteiger partial charge on any atom is 0.262 e. The summed E-state index contributed by atoms with van der Waals surface area (Å²) >= 11 is 7.29. The van der Waals surface area contributed by atoms with Crippen LogP contribution in [0.3, 0.4) is 0 Å². The first kappa shape index (κ1) is 16.5. The summed E-state index contributed by atoms with van der Waals surface area (Å²) < 4.78 is 3.53. The molecule has 7 nitrogen and oxygen atoms in total. The van der Waals surface area contributed by atoms with Gasteiger partial charge in [-0.2, -0.15) is 5.10 Å². The molecule has 0 spiro atoms. The van der Waals surface area contributed by atoms with Crippen molar-refractivity contribution < 1.29 is 4.79 Å². The van der Waals surface area contributed by atoms with Crippen molar-refractivity contribution in [3.05, 3.63) is 70.6 Å². The van der Waals surface area contributed by atoms with Gasteiger partial charge in [-0.3, -0.25) is 10.1 Å². The van der Waals surface area contributed by atoms with E-state index in [1.54, 1.807) is 16.8 Å². The smallest absolute Gasteiger partial charge is 0.262 e. The number of aryl methyl sites for hydroxylation is 1. The number of carbonyl (C=O) groups excluding carboxylic acids is 1. The number of hydrogen-bond donors (Lipinski definition) is 1. The van der Waals surface area contributed by atoms with Crippen LogP contribution in [0.1, 0.15) is 15.4 Å². The monoisotopic (exact) mass is 384 g/mol. The lowest BCUT2D eigenvalue weighted by Crippen LogP contribution is -2.15. The fourth-order valence-corrected chi connectivity index (χ4v) is 3.22. The number of aromatic nitrogens is 5. The Labute approximate surface area is 157 Å². The highest BCUT2D eigenvalue weighted by atomic mass is 35.5. The molecular weight excluding hydrogens is 372 g/mol. The Morgan fingerprint density at radius 2 is 1.88 bits per heavy atom. The second kappa shape index (κ2) is 6.74. The van der Waals surface area contributed by atoms with Crippen LogP contribution in [0.15, 0.2) is 55.0 Å². The molecule has 4 rings (SSSR count). The number of anilines is 1. The van der Waals surface area contributed by atoms with E-state index in [9.17, 15) is 4.79 Å². The number of rotatable bonds is 4. The third-order valence-electron chi connectivity index (χ3n) is 3.66. The van der Waals surface area contributed by atoms with Crippen molar-refractivity contribution in [2.45, 2.75) is 6.92 Å². The molecular formula is C17H13ClN6OS. The molecule has 0 radical (unpaired) electrons. The minimum absolute atomic E-state index is 0.301. The SMILES string of the molecule is Cc1nnc(NC(=O)c2cnn(-c3ccc(Cl)cc3)c2-n2cccc2)s1. The first-order valence-electron chi connectivity index (χ1n) is 7.70. The third kappa shape index (κ3) is 3.12.